The van der Waals surface area contributed by atoms with Crippen molar-refractivity contribution in [1.29, 1.82) is 0 Å². The highest BCUT2D eigenvalue weighted by Gasteiger charge is 2.12. The third kappa shape index (κ3) is 5.25. The van der Waals surface area contributed by atoms with Crippen LogP contribution >= 0.6 is 23.4 Å². The summed E-state index contributed by atoms with van der Waals surface area (Å²) in [5, 5.41) is 12.7. The van der Waals surface area contributed by atoms with Crippen molar-refractivity contribution in [3.8, 4) is 0 Å². The van der Waals surface area contributed by atoms with Crippen molar-refractivity contribution in [2.75, 3.05) is 11.1 Å². The predicted molar refractivity (Wildman–Crippen MR) is 95.1 cm³/mol. The molecule has 0 aliphatic carbocycles. The van der Waals surface area contributed by atoms with Gasteiger partial charge in [-0.05, 0) is 37.6 Å². The molecule has 0 fully saturated rings. The first-order valence-corrected chi connectivity index (χ1v) is 9.10. The Morgan fingerprint density at radius 3 is 2.65 bits per heavy atom. The Morgan fingerprint density at radius 2 is 2.00 bits per heavy atom. The number of nitrogens with zero attached hydrogens (tertiary/aromatic N) is 3. The molecular weight excluding hydrogens is 332 g/mol. The number of hydrogen-bond acceptors (Lipinski definition) is 4. The number of rotatable bonds is 8. The highest BCUT2D eigenvalue weighted by Crippen LogP contribution is 2.19. The molecule has 1 heterocycles. The Labute approximate surface area is 145 Å². The van der Waals surface area contributed by atoms with E-state index in [1.54, 1.807) is 24.3 Å². The maximum absolute atomic E-state index is 12.0. The number of unbranched alkanes of at least 4 members (excludes halogenated alkanes) is 1. The molecule has 0 aliphatic rings. The number of nitrogens with one attached hydrogen (secondary N) is 1. The SMILES string of the molecule is CCCCc1nnc(SCC(=O)Nc2ccc(Cl)cc2)n1CC. The summed E-state index contributed by atoms with van der Waals surface area (Å²) in [7, 11) is 0. The topological polar surface area (TPSA) is 59.8 Å². The Hall–Kier alpha value is -1.53. The fourth-order valence-electron chi connectivity index (χ4n) is 2.12. The van der Waals surface area contributed by atoms with Gasteiger partial charge in [-0.25, -0.2) is 0 Å². The van der Waals surface area contributed by atoms with Crippen LogP contribution in [-0.2, 0) is 17.8 Å². The number of benzene rings is 1. The first-order valence-electron chi connectivity index (χ1n) is 7.74. The molecule has 7 heteroatoms. The van der Waals surface area contributed by atoms with E-state index in [0.717, 1.165) is 42.5 Å². The minimum absolute atomic E-state index is 0.0712. The van der Waals surface area contributed by atoms with Crippen LogP contribution < -0.4 is 5.32 Å². The van der Waals surface area contributed by atoms with E-state index in [-0.39, 0.29) is 5.91 Å². The molecule has 0 spiro atoms. The fourth-order valence-corrected chi connectivity index (χ4v) is 3.07. The van der Waals surface area contributed by atoms with Gasteiger partial charge in [-0.3, -0.25) is 4.79 Å². The smallest absolute Gasteiger partial charge is 0.234 e. The molecule has 2 rings (SSSR count). The van der Waals surface area contributed by atoms with E-state index in [9.17, 15) is 4.79 Å². The van der Waals surface area contributed by atoms with Crippen LogP contribution in [-0.4, -0.2) is 26.4 Å². The Morgan fingerprint density at radius 1 is 1.26 bits per heavy atom. The summed E-state index contributed by atoms with van der Waals surface area (Å²) in [6, 6.07) is 7.06. The number of carbonyl (C=O) groups excluding carboxylic acids is 1. The quantitative estimate of drug-likeness (QED) is 0.729. The predicted octanol–water partition coefficient (Wildman–Crippen LogP) is 4.02. The van der Waals surface area contributed by atoms with Crippen LogP contribution in [0.2, 0.25) is 5.02 Å². The standard InChI is InChI=1S/C16H21ClN4OS/c1-3-5-6-14-19-20-16(21(14)4-2)23-11-15(22)18-13-9-7-12(17)8-10-13/h7-10H,3-6,11H2,1-2H3,(H,18,22). The highest BCUT2D eigenvalue weighted by molar-refractivity contribution is 7.99. The largest absolute Gasteiger partial charge is 0.325 e. The first kappa shape index (κ1) is 17.8. The van der Waals surface area contributed by atoms with Crippen molar-refractivity contribution in [1.82, 2.24) is 14.8 Å². The van der Waals surface area contributed by atoms with Crippen molar-refractivity contribution in [2.24, 2.45) is 0 Å². The van der Waals surface area contributed by atoms with Crippen molar-refractivity contribution in [2.45, 2.75) is 44.8 Å². The second kappa shape index (κ2) is 8.93. The van der Waals surface area contributed by atoms with Crippen molar-refractivity contribution in [3.05, 3.63) is 35.1 Å². The summed E-state index contributed by atoms with van der Waals surface area (Å²) < 4.78 is 2.08. The molecule has 1 amide bonds. The molecule has 23 heavy (non-hydrogen) atoms. The lowest BCUT2D eigenvalue weighted by Crippen LogP contribution is -2.14. The molecule has 124 valence electrons. The fraction of sp³-hybridized carbons (Fsp3) is 0.438. The van der Waals surface area contributed by atoms with Gasteiger partial charge in [0.1, 0.15) is 5.82 Å². The van der Waals surface area contributed by atoms with Gasteiger partial charge < -0.3 is 9.88 Å². The molecule has 1 aromatic heterocycles. The maximum Gasteiger partial charge on any atom is 0.234 e. The second-order valence-electron chi connectivity index (χ2n) is 5.09. The summed E-state index contributed by atoms with van der Waals surface area (Å²) in [5.74, 6) is 1.22. The number of aromatic nitrogens is 3. The molecule has 1 aromatic carbocycles. The molecular formula is C16H21ClN4OS. The molecule has 0 saturated carbocycles. The van der Waals surface area contributed by atoms with E-state index in [4.69, 9.17) is 11.6 Å². The van der Waals surface area contributed by atoms with Gasteiger partial charge in [0.15, 0.2) is 5.16 Å². The minimum atomic E-state index is -0.0712. The average molecular weight is 353 g/mol. The number of carbonyl (C=O) groups is 1. The summed E-state index contributed by atoms with van der Waals surface area (Å²) in [4.78, 5) is 12.0. The zero-order valence-electron chi connectivity index (χ0n) is 13.4. The molecule has 2 aromatic rings. The summed E-state index contributed by atoms with van der Waals surface area (Å²) in [5.41, 5.74) is 0.737. The van der Waals surface area contributed by atoms with Gasteiger partial charge in [0, 0.05) is 23.7 Å². The molecule has 0 bridgehead atoms. The number of halogens is 1. The molecule has 5 nitrogen and oxygen atoms in total. The summed E-state index contributed by atoms with van der Waals surface area (Å²) in [6.45, 7) is 5.03. The summed E-state index contributed by atoms with van der Waals surface area (Å²) >= 11 is 7.23. The van der Waals surface area contributed by atoms with Crippen LogP contribution in [0.25, 0.3) is 0 Å². The zero-order valence-corrected chi connectivity index (χ0v) is 15.0. The monoisotopic (exact) mass is 352 g/mol. The molecule has 0 radical (unpaired) electrons. The van der Waals surface area contributed by atoms with Crippen molar-refractivity contribution >= 4 is 35.0 Å². The van der Waals surface area contributed by atoms with E-state index >= 15 is 0 Å². The number of anilines is 1. The Bertz CT molecular complexity index is 642. The van der Waals surface area contributed by atoms with E-state index in [1.165, 1.54) is 11.8 Å². The van der Waals surface area contributed by atoms with Crippen molar-refractivity contribution in [3.63, 3.8) is 0 Å². The maximum atomic E-state index is 12.0. The van der Waals surface area contributed by atoms with E-state index < -0.39 is 0 Å². The van der Waals surface area contributed by atoms with Gasteiger partial charge in [-0.15, -0.1) is 10.2 Å². The third-order valence-corrected chi connectivity index (χ3v) is 4.54. The highest BCUT2D eigenvalue weighted by atomic mass is 35.5. The molecule has 0 atom stereocenters. The van der Waals surface area contributed by atoms with Gasteiger partial charge >= 0.3 is 0 Å². The summed E-state index contributed by atoms with van der Waals surface area (Å²) in [6.07, 6.45) is 3.15. The third-order valence-electron chi connectivity index (χ3n) is 3.32. The normalized spacial score (nSPS) is 10.7. The molecule has 0 saturated heterocycles. The van der Waals surface area contributed by atoms with Crippen LogP contribution in [0.1, 0.15) is 32.5 Å². The lowest BCUT2D eigenvalue weighted by molar-refractivity contribution is -0.113. The molecule has 1 N–H and O–H groups in total. The van der Waals surface area contributed by atoms with Gasteiger partial charge in [0.05, 0.1) is 5.75 Å². The van der Waals surface area contributed by atoms with Gasteiger partial charge in [-0.2, -0.15) is 0 Å². The lowest BCUT2D eigenvalue weighted by Gasteiger charge is -2.07. The van der Waals surface area contributed by atoms with Crippen molar-refractivity contribution < 1.29 is 4.79 Å². The minimum Gasteiger partial charge on any atom is -0.325 e. The second-order valence-corrected chi connectivity index (χ2v) is 6.47. The van der Waals surface area contributed by atoms with Crippen LogP contribution in [0.5, 0.6) is 0 Å². The van der Waals surface area contributed by atoms with Crippen LogP contribution in [0, 0.1) is 0 Å². The number of hydrogen-bond donors (Lipinski definition) is 1. The van der Waals surface area contributed by atoms with Crippen LogP contribution in [0.3, 0.4) is 0 Å². The first-order chi connectivity index (χ1) is 11.1. The van der Waals surface area contributed by atoms with Gasteiger partial charge in [-0.1, -0.05) is 36.7 Å². The number of thioether (sulfide) groups is 1. The van der Waals surface area contributed by atoms with E-state index in [1.807, 2.05) is 0 Å². The van der Waals surface area contributed by atoms with E-state index in [0.29, 0.717) is 10.8 Å². The van der Waals surface area contributed by atoms with Crippen LogP contribution in [0.15, 0.2) is 29.4 Å². The lowest BCUT2D eigenvalue weighted by atomic mass is 10.2. The Kier molecular flexibility index (Phi) is 6.92. The van der Waals surface area contributed by atoms with Gasteiger partial charge in [0.25, 0.3) is 0 Å². The number of aryl methyl sites for hydroxylation is 1. The number of amides is 1. The average Bonchev–Trinajstić information content (AvgIpc) is 2.95. The van der Waals surface area contributed by atoms with Gasteiger partial charge in [0.2, 0.25) is 5.91 Å². The molecule has 0 aliphatic heterocycles. The van der Waals surface area contributed by atoms with Crippen LogP contribution in [0.4, 0.5) is 5.69 Å². The molecule has 0 unspecified atom stereocenters. The van der Waals surface area contributed by atoms with E-state index in [2.05, 4.69) is 33.9 Å². The zero-order chi connectivity index (χ0) is 16.7. The Balaban J connectivity index is 1.91.